The molecule has 0 radical (unpaired) electrons. The summed E-state index contributed by atoms with van der Waals surface area (Å²) in [5.74, 6) is -1.05. The largest absolute Gasteiger partial charge is 0.479 e. The molecule has 1 atom stereocenters. The van der Waals surface area contributed by atoms with Crippen LogP contribution in [0.15, 0.2) is 18.2 Å². The smallest absolute Gasteiger partial charge is 0.298 e. The maximum atomic E-state index is 11.9. The van der Waals surface area contributed by atoms with E-state index in [0.29, 0.717) is 11.4 Å². The number of rotatable bonds is 2. The van der Waals surface area contributed by atoms with Gasteiger partial charge in [-0.1, -0.05) is 0 Å². The second-order valence-corrected chi connectivity index (χ2v) is 3.82. The Morgan fingerprint density at radius 2 is 2.22 bits per heavy atom. The molecule has 2 rings (SSSR count). The lowest BCUT2D eigenvalue weighted by Gasteiger charge is -2.30. The van der Waals surface area contributed by atoms with Gasteiger partial charge in [-0.05, 0) is 25.1 Å². The highest BCUT2D eigenvalue weighted by Crippen LogP contribution is 2.36. The maximum absolute atomic E-state index is 11.9. The molecule has 6 nitrogen and oxygen atoms in total. The molecule has 0 saturated heterocycles. The highest BCUT2D eigenvalue weighted by molar-refractivity contribution is 6.38. The Bertz CT molecular complexity index is 527. The van der Waals surface area contributed by atoms with Gasteiger partial charge < -0.3 is 10.1 Å². The van der Waals surface area contributed by atoms with Gasteiger partial charge in [-0.15, -0.1) is 0 Å². The number of aldehydes is 1. The van der Waals surface area contributed by atoms with E-state index in [0.717, 1.165) is 4.90 Å². The summed E-state index contributed by atoms with van der Waals surface area (Å²) < 4.78 is 5.38. The van der Waals surface area contributed by atoms with E-state index in [1.165, 1.54) is 6.92 Å². The number of benzene rings is 1. The number of ether oxygens (including phenoxy) is 1. The van der Waals surface area contributed by atoms with Crippen molar-refractivity contribution < 1.29 is 19.1 Å². The third-order valence-corrected chi connectivity index (χ3v) is 2.68. The van der Waals surface area contributed by atoms with E-state index in [9.17, 15) is 14.4 Å². The van der Waals surface area contributed by atoms with Gasteiger partial charge in [-0.3, -0.25) is 14.4 Å². The van der Waals surface area contributed by atoms with E-state index in [1.807, 2.05) is 0 Å². The van der Waals surface area contributed by atoms with Crippen LogP contribution >= 0.6 is 0 Å². The number of amides is 2. The van der Waals surface area contributed by atoms with Crippen molar-refractivity contribution in [1.82, 2.24) is 0 Å². The molecule has 0 aliphatic carbocycles. The van der Waals surface area contributed by atoms with Crippen LogP contribution in [0, 0.1) is 0 Å². The number of anilines is 2. The molecule has 0 spiro atoms. The second-order valence-electron chi connectivity index (χ2n) is 3.82. The van der Waals surface area contributed by atoms with Crippen molar-refractivity contribution in [3.05, 3.63) is 18.2 Å². The number of hydrogen-bond acceptors (Lipinski definition) is 5. The molecular formula is C12H12N2O4. The number of nitrogens with one attached hydrogen (secondary N) is 1. The van der Waals surface area contributed by atoms with E-state index in [4.69, 9.17) is 4.74 Å². The number of carbonyl (C=O) groups is 3. The third-order valence-electron chi connectivity index (χ3n) is 2.68. The van der Waals surface area contributed by atoms with Crippen LogP contribution in [0.2, 0.25) is 0 Å². The molecule has 18 heavy (non-hydrogen) atoms. The molecule has 0 saturated carbocycles. The van der Waals surface area contributed by atoms with Gasteiger partial charge in [0, 0.05) is 12.7 Å². The monoisotopic (exact) mass is 248 g/mol. The molecule has 6 heteroatoms. The lowest BCUT2D eigenvalue weighted by molar-refractivity contribution is -0.135. The minimum atomic E-state index is -0.898. The van der Waals surface area contributed by atoms with Gasteiger partial charge in [-0.2, -0.15) is 0 Å². The van der Waals surface area contributed by atoms with Gasteiger partial charge in [0.1, 0.15) is 5.75 Å². The molecule has 94 valence electrons. The summed E-state index contributed by atoms with van der Waals surface area (Å²) in [7, 11) is 1.71. The summed E-state index contributed by atoms with van der Waals surface area (Å²) >= 11 is 0. The molecule has 0 bridgehead atoms. The van der Waals surface area contributed by atoms with Crippen LogP contribution in [-0.4, -0.2) is 31.3 Å². The highest BCUT2D eigenvalue weighted by atomic mass is 16.5. The molecule has 1 aromatic carbocycles. The average Bonchev–Trinajstić information content (AvgIpc) is 2.39. The number of hydrogen-bond donors (Lipinski definition) is 1. The Kier molecular flexibility index (Phi) is 3.01. The van der Waals surface area contributed by atoms with Crippen LogP contribution in [0.1, 0.15) is 6.92 Å². The van der Waals surface area contributed by atoms with E-state index in [2.05, 4.69) is 5.32 Å². The fraction of sp³-hybridized carbons (Fsp3) is 0.250. The normalized spacial score (nSPS) is 17.8. The molecule has 1 heterocycles. The van der Waals surface area contributed by atoms with Crippen LogP contribution in [0.5, 0.6) is 5.75 Å². The molecule has 1 aliphatic heterocycles. The molecule has 1 unspecified atom stereocenters. The summed E-state index contributed by atoms with van der Waals surface area (Å²) in [6.07, 6.45) is -0.673. The minimum absolute atomic E-state index is 0.117. The van der Waals surface area contributed by atoms with Gasteiger partial charge in [0.2, 0.25) is 6.29 Å². The standard InChI is InChI=1S/C12H12N2O4/c1-7-12(17)14(11(16)6-15)9-5-8(13-2)3-4-10(9)18-7/h3-7,13H,1-2H3. The Morgan fingerprint density at radius 3 is 2.83 bits per heavy atom. The van der Waals surface area contributed by atoms with Gasteiger partial charge in [0.25, 0.3) is 11.8 Å². The molecule has 0 fully saturated rings. The molecule has 1 aliphatic rings. The molecule has 0 aromatic heterocycles. The van der Waals surface area contributed by atoms with E-state index >= 15 is 0 Å². The molecular weight excluding hydrogens is 236 g/mol. The zero-order valence-electron chi connectivity index (χ0n) is 9.97. The highest BCUT2D eigenvalue weighted by Gasteiger charge is 2.35. The average molecular weight is 248 g/mol. The van der Waals surface area contributed by atoms with Crippen molar-refractivity contribution in [3.8, 4) is 5.75 Å². The van der Waals surface area contributed by atoms with E-state index in [-0.39, 0.29) is 12.0 Å². The van der Waals surface area contributed by atoms with Gasteiger partial charge in [0.15, 0.2) is 6.10 Å². The molecule has 1 aromatic rings. The van der Waals surface area contributed by atoms with Crippen LogP contribution in [-0.2, 0) is 14.4 Å². The summed E-state index contributed by atoms with van der Waals surface area (Å²) in [4.78, 5) is 34.9. The number of carbonyl (C=O) groups excluding carboxylic acids is 3. The topological polar surface area (TPSA) is 75.7 Å². The fourth-order valence-corrected chi connectivity index (χ4v) is 1.77. The van der Waals surface area contributed by atoms with Gasteiger partial charge in [0.05, 0.1) is 5.69 Å². The van der Waals surface area contributed by atoms with Crippen molar-refractivity contribution in [2.75, 3.05) is 17.3 Å². The van der Waals surface area contributed by atoms with E-state index < -0.39 is 17.9 Å². The quantitative estimate of drug-likeness (QED) is 0.611. The first-order valence-corrected chi connectivity index (χ1v) is 5.40. The predicted molar refractivity (Wildman–Crippen MR) is 64.6 cm³/mol. The number of imide groups is 1. The van der Waals surface area contributed by atoms with Crippen molar-refractivity contribution in [3.63, 3.8) is 0 Å². The Hall–Kier alpha value is -2.37. The first kappa shape index (κ1) is 12.1. The fourth-order valence-electron chi connectivity index (χ4n) is 1.77. The minimum Gasteiger partial charge on any atom is -0.479 e. The van der Waals surface area contributed by atoms with Gasteiger partial charge >= 0.3 is 0 Å². The SMILES string of the molecule is CNc1ccc2c(c1)N(C(=O)C=O)C(=O)C(C)O2. The van der Waals surface area contributed by atoms with Crippen LogP contribution < -0.4 is 15.0 Å². The first-order valence-electron chi connectivity index (χ1n) is 5.40. The summed E-state index contributed by atoms with van der Waals surface area (Å²) in [6.45, 7) is 1.53. The number of fused-ring (bicyclic) bond motifs is 1. The lowest BCUT2D eigenvalue weighted by Crippen LogP contribution is -2.48. The van der Waals surface area contributed by atoms with Crippen molar-refractivity contribution in [2.24, 2.45) is 0 Å². The zero-order valence-corrected chi connectivity index (χ0v) is 9.97. The summed E-state index contributed by atoms with van der Waals surface area (Å²) in [6, 6.07) is 4.99. The Balaban J connectivity index is 2.56. The summed E-state index contributed by atoms with van der Waals surface area (Å²) in [5, 5.41) is 2.89. The number of nitrogens with zero attached hydrogens (tertiary/aromatic N) is 1. The van der Waals surface area contributed by atoms with Crippen molar-refractivity contribution in [1.29, 1.82) is 0 Å². The first-order chi connectivity index (χ1) is 8.58. The van der Waals surface area contributed by atoms with E-state index in [1.54, 1.807) is 25.2 Å². The molecule has 2 amide bonds. The zero-order chi connectivity index (χ0) is 13.3. The third kappa shape index (κ3) is 1.81. The molecule has 1 N–H and O–H groups in total. The Morgan fingerprint density at radius 1 is 1.50 bits per heavy atom. The van der Waals surface area contributed by atoms with Crippen molar-refractivity contribution in [2.45, 2.75) is 13.0 Å². The van der Waals surface area contributed by atoms with Crippen LogP contribution in [0.3, 0.4) is 0 Å². The summed E-state index contributed by atoms with van der Waals surface area (Å²) in [5.41, 5.74) is 0.991. The van der Waals surface area contributed by atoms with Gasteiger partial charge in [-0.25, -0.2) is 4.90 Å². The predicted octanol–water partition coefficient (Wildman–Crippen LogP) is 0.568. The Labute approximate surface area is 104 Å². The maximum Gasteiger partial charge on any atom is 0.298 e. The second kappa shape index (κ2) is 4.48. The van der Waals surface area contributed by atoms with Crippen LogP contribution in [0.4, 0.5) is 11.4 Å². The van der Waals surface area contributed by atoms with Crippen LogP contribution in [0.25, 0.3) is 0 Å². The van der Waals surface area contributed by atoms with Crippen molar-refractivity contribution >= 4 is 29.5 Å². The lowest BCUT2D eigenvalue weighted by atomic mass is 10.1.